The summed E-state index contributed by atoms with van der Waals surface area (Å²) in [6.07, 6.45) is -2.44. The number of carboxylic acids is 3. The third-order valence-electron chi connectivity index (χ3n) is 1.28. The van der Waals surface area contributed by atoms with Crippen LogP contribution in [0.5, 0.6) is 0 Å². The number of rotatable bonds is 5. The van der Waals surface area contributed by atoms with E-state index in [-0.39, 0.29) is 29.6 Å². The van der Waals surface area contributed by atoms with Crippen LogP contribution < -0.4 is 34.7 Å². The van der Waals surface area contributed by atoms with Crippen molar-refractivity contribution in [3.05, 3.63) is 10.1 Å². The van der Waals surface area contributed by atoms with Gasteiger partial charge in [-0.05, 0) is 0 Å². The number of aliphatic carboxylic acids is 3. The average molecular weight is 277 g/mol. The molecule has 0 saturated heterocycles. The van der Waals surface area contributed by atoms with Gasteiger partial charge >= 0.3 is 41.5 Å². The van der Waals surface area contributed by atoms with Crippen LogP contribution in [0.2, 0.25) is 0 Å². The number of carboxylic acid groups (broad SMARTS) is 3. The molecule has 4 N–H and O–H groups in total. The average Bonchev–Trinajstić information content (AvgIpc) is 1.98. The van der Waals surface area contributed by atoms with Crippen LogP contribution in [-0.2, 0) is 14.4 Å². The van der Waals surface area contributed by atoms with Crippen LogP contribution in [0.4, 0.5) is 0 Å². The van der Waals surface area contributed by atoms with Gasteiger partial charge in [-0.3, -0.25) is 4.79 Å². The summed E-state index contributed by atoms with van der Waals surface area (Å²) >= 11 is 0. The van der Waals surface area contributed by atoms with Crippen LogP contribution in [-0.4, -0.2) is 49.1 Å². The molecule has 0 aliphatic rings. The van der Waals surface area contributed by atoms with Gasteiger partial charge in [-0.2, -0.15) is 0 Å². The van der Waals surface area contributed by atoms with E-state index in [1.807, 2.05) is 0 Å². The Balaban J connectivity index is -0.000000392. The number of hydrogen-bond acceptors (Lipinski definition) is 7. The van der Waals surface area contributed by atoms with Crippen molar-refractivity contribution < 1.29 is 74.7 Å². The SMILES string of the molecule is O=C([O-])CC(O)(CC(=O)O)C(=O)O.O=[N+]([O-])O.[Na+]. The molecule has 0 heterocycles. The summed E-state index contributed by atoms with van der Waals surface area (Å²) in [5.41, 5.74) is -2.80. The first-order chi connectivity index (χ1) is 7.51. The molecule has 0 spiro atoms. The third-order valence-corrected chi connectivity index (χ3v) is 1.28. The van der Waals surface area contributed by atoms with E-state index in [0.717, 1.165) is 0 Å². The molecule has 0 aromatic heterocycles. The van der Waals surface area contributed by atoms with E-state index in [1.54, 1.807) is 0 Å². The van der Waals surface area contributed by atoms with Crippen LogP contribution in [0, 0.1) is 10.1 Å². The van der Waals surface area contributed by atoms with Crippen molar-refractivity contribution in [3.63, 3.8) is 0 Å². The van der Waals surface area contributed by atoms with Crippen molar-refractivity contribution in [3.8, 4) is 0 Å². The minimum atomic E-state index is -2.80. The van der Waals surface area contributed by atoms with Gasteiger partial charge in [-0.25, -0.2) is 4.79 Å². The van der Waals surface area contributed by atoms with E-state index in [9.17, 15) is 19.5 Å². The van der Waals surface area contributed by atoms with Gasteiger partial charge in [-0.1, -0.05) is 0 Å². The van der Waals surface area contributed by atoms with Gasteiger partial charge in [0.25, 0.3) is 5.09 Å². The summed E-state index contributed by atoms with van der Waals surface area (Å²) in [5.74, 6) is -5.34. The van der Waals surface area contributed by atoms with E-state index in [0.29, 0.717) is 0 Å². The molecule has 1 atom stereocenters. The maximum Gasteiger partial charge on any atom is 1.00 e. The molecule has 98 valence electrons. The van der Waals surface area contributed by atoms with Gasteiger partial charge in [0.15, 0.2) is 5.60 Å². The molecule has 0 aromatic carbocycles. The van der Waals surface area contributed by atoms with Gasteiger partial charge < -0.3 is 30.4 Å². The molecule has 0 fully saturated rings. The molecule has 0 radical (unpaired) electrons. The number of nitrogens with zero attached hydrogens (tertiary/aromatic N) is 1. The summed E-state index contributed by atoms with van der Waals surface area (Å²) in [7, 11) is 0. The van der Waals surface area contributed by atoms with E-state index >= 15 is 0 Å². The Labute approximate surface area is 121 Å². The fourth-order valence-electron chi connectivity index (χ4n) is 0.703. The Kier molecular flexibility index (Phi) is 11.6. The first kappa shape index (κ1) is 21.8. The number of carbonyl (C=O) groups excluding carboxylic acids is 1. The molecule has 11 nitrogen and oxygen atoms in total. The third kappa shape index (κ3) is 12.6. The van der Waals surface area contributed by atoms with Crippen molar-refractivity contribution in [2.24, 2.45) is 0 Å². The van der Waals surface area contributed by atoms with Gasteiger partial charge in [0, 0.05) is 12.4 Å². The number of carbonyl (C=O) groups is 3. The summed E-state index contributed by atoms with van der Waals surface area (Å²) in [4.78, 5) is 38.7. The Morgan fingerprint density at radius 2 is 1.50 bits per heavy atom. The second kappa shape index (κ2) is 9.58. The van der Waals surface area contributed by atoms with E-state index in [1.165, 1.54) is 0 Å². The molecular weight excluding hydrogens is 269 g/mol. The normalized spacial score (nSPS) is 11.8. The molecule has 12 heteroatoms. The predicted molar refractivity (Wildman–Crippen MR) is 43.2 cm³/mol. The smallest absolute Gasteiger partial charge is 0.550 e. The van der Waals surface area contributed by atoms with Crippen LogP contribution in [0.15, 0.2) is 0 Å². The van der Waals surface area contributed by atoms with E-state index in [2.05, 4.69) is 0 Å². The molecular formula is C6H8NNaO10. The fraction of sp³-hybridized carbons (Fsp3) is 0.500. The topological polar surface area (TPSA) is 198 Å². The first-order valence-corrected chi connectivity index (χ1v) is 3.72. The van der Waals surface area contributed by atoms with E-state index < -0.39 is 41.4 Å². The Morgan fingerprint density at radius 3 is 1.67 bits per heavy atom. The Hall–Kier alpha value is -1.43. The standard InChI is InChI=1S/C6H8O7.HNO3.Na/c7-3(8)1-6(13,5(11)12)2-4(9)10;2-1(3)4;/h13H,1-2H2,(H,7,8)(H,9,10)(H,11,12);(H,2,3,4);/q;;+1/p-1. The number of hydrogen-bond donors (Lipinski definition) is 4. The summed E-state index contributed by atoms with van der Waals surface area (Å²) < 4.78 is 0. The van der Waals surface area contributed by atoms with Crippen molar-refractivity contribution >= 4 is 17.9 Å². The zero-order chi connectivity index (χ0) is 14.2. The quantitative estimate of drug-likeness (QED) is 0.213. The minimum absolute atomic E-state index is 0. The summed E-state index contributed by atoms with van der Waals surface area (Å²) in [6, 6.07) is 0. The van der Waals surface area contributed by atoms with Gasteiger partial charge in [0.2, 0.25) is 0 Å². The summed E-state index contributed by atoms with van der Waals surface area (Å²) in [6.45, 7) is 0. The molecule has 0 aliphatic carbocycles. The second-order valence-corrected chi connectivity index (χ2v) is 2.69. The van der Waals surface area contributed by atoms with Crippen LogP contribution >= 0.6 is 0 Å². The van der Waals surface area contributed by atoms with Crippen molar-refractivity contribution in [1.82, 2.24) is 0 Å². The van der Waals surface area contributed by atoms with Crippen molar-refractivity contribution in [1.29, 1.82) is 0 Å². The molecule has 0 aromatic rings. The van der Waals surface area contributed by atoms with Gasteiger partial charge in [-0.15, -0.1) is 10.1 Å². The second-order valence-electron chi connectivity index (χ2n) is 2.69. The summed E-state index contributed by atoms with van der Waals surface area (Å²) in [5, 5.41) is 49.1. The van der Waals surface area contributed by atoms with Gasteiger partial charge in [0.05, 0.1) is 6.42 Å². The molecule has 0 amide bonds. The maximum absolute atomic E-state index is 10.3. The molecule has 0 bridgehead atoms. The molecule has 18 heavy (non-hydrogen) atoms. The van der Waals surface area contributed by atoms with Crippen LogP contribution in [0.1, 0.15) is 12.8 Å². The Bertz CT molecular complexity index is 308. The molecule has 0 aliphatic heterocycles. The van der Waals surface area contributed by atoms with Crippen molar-refractivity contribution in [2.45, 2.75) is 18.4 Å². The van der Waals surface area contributed by atoms with Gasteiger partial charge in [0.1, 0.15) is 0 Å². The van der Waals surface area contributed by atoms with E-state index in [4.69, 9.17) is 30.6 Å². The van der Waals surface area contributed by atoms with Crippen LogP contribution in [0.25, 0.3) is 0 Å². The minimum Gasteiger partial charge on any atom is -0.550 e. The van der Waals surface area contributed by atoms with Crippen LogP contribution in [0.3, 0.4) is 0 Å². The zero-order valence-corrected chi connectivity index (χ0v) is 11.1. The molecule has 1 unspecified atom stereocenters. The molecule has 0 rings (SSSR count). The number of aliphatic hydroxyl groups is 1. The fourth-order valence-corrected chi connectivity index (χ4v) is 0.703. The maximum atomic E-state index is 10.3. The zero-order valence-electron chi connectivity index (χ0n) is 9.10. The predicted octanol–water partition coefficient (Wildman–Crippen LogP) is -5.93. The van der Waals surface area contributed by atoms with Crippen molar-refractivity contribution in [2.75, 3.05) is 0 Å². The monoisotopic (exact) mass is 277 g/mol. The molecule has 0 saturated carbocycles. The Morgan fingerprint density at radius 1 is 1.17 bits per heavy atom. The largest absolute Gasteiger partial charge is 1.00 e. The first-order valence-electron chi connectivity index (χ1n) is 3.72.